The number of ether oxygens (including phenoxy) is 3. The molecule has 0 heterocycles. The lowest BCUT2D eigenvalue weighted by Crippen LogP contribution is -2.30. The lowest BCUT2D eigenvalue weighted by molar-refractivity contribution is -0.166. The third kappa shape index (κ3) is 48.7. The lowest BCUT2D eigenvalue weighted by atomic mass is 10.0. The second-order valence-electron chi connectivity index (χ2n) is 16.0. The number of carbonyl (C=O) groups excluding carboxylic acids is 3. The van der Waals surface area contributed by atoms with Crippen molar-refractivity contribution < 1.29 is 28.6 Å². The molecule has 0 rings (SSSR count). The molecule has 1 atom stereocenters. The van der Waals surface area contributed by atoms with Gasteiger partial charge in [0, 0.05) is 12.8 Å². The summed E-state index contributed by atoms with van der Waals surface area (Å²) in [5.41, 5.74) is 0. The van der Waals surface area contributed by atoms with Gasteiger partial charge in [-0.1, -0.05) is 219 Å². The molecule has 0 spiro atoms. The van der Waals surface area contributed by atoms with Crippen LogP contribution in [-0.4, -0.2) is 37.2 Å². The van der Waals surface area contributed by atoms with Crippen LogP contribution < -0.4 is 0 Å². The van der Waals surface area contributed by atoms with Gasteiger partial charge < -0.3 is 14.2 Å². The lowest BCUT2D eigenvalue weighted by Gasteiger charge is -2.18. The molecule has 0 N–H and O–H groups in total. The zero-order valence-electron chi connectivity index (χ0n) is 40.3. The van der Waals surface area contributed by atoms with Gasteiger partial charge in [0.05, 0.1) is 6.42 Å². The van der Waals surface area contributed by atoms with E-state index in [1.165, 1.54) is 64.2 Å². The van der Waals surface area contributed by atoms with Gasteiger partial charge in [-0.25, -0.2) is 0 Å². The minimum atomic E-state index is -0.856. The minimum absolute atomic E-state index is 0.0815. The van der Waals surface area contributed by atoms with Crippen LogP contribution in [0, 0.1) is 0 Å². The molecule has 0 aromatic carbocycles. The fourth-order valence-electron chi connectivity index (χ4n) is 6.32. The maximum atomic E-state index is 12.7. The molecule has 0 amide bonds. The highest BCUT2D eigenvalue weighted by Crippen LogP contribution is 2.14. The second-order valence-corrected chi connectivity index (χ2v) is 16.0. The van der Waals surface area contributed by atoms with Crippen molar-refractivity contribution in [2.24, 2.45) is 0 Å². The van der Waals surface area contributed by atoms with Gasteiger partial charge in [0.1, 0.15) is 13.2 Å². The van der Waals surface area contributed by atoms with Crippen molar-refractivity contribution in [3.05, 3.63) is 122 Å². The van der Waals surface area contributed by atoms with E-state index in [0.717, 1.165) is 83.5 Å². The van der Waals surface area contributed by atoms with Gasteiger partial charge in [-0.05, 0) is 83.5 Å². The molecule has 354 valence electrons. The molecule has 0 aromatic heterocycles. The Morgan fingerprint density at radius 3 is 1.05 bits per heavy atom. The summed E-state index contributed by atoms with van der Waals surface area (Å²) < 4.78 is 16.6. The van der Waals surface area contributed by atoms with Gasteiger partial charge in [0.15, 0.2) is 6.10 Å². The van der Waals surface area contributed by atoms with Crippen molar-refractivity contribution in [3.8, 4) is 0 Å². The van der Waals surface area contributed by atoms with E-state index in [9.17, 15) is 14.4 Å². The third-order valence-electron chi connectivity index (χ3n) is 9.99. The molecule has 0 aliphatic rings. The molecule has 0 aromatic rings. The number of hydrogen-bond acceptors (Lipinski definition) is 6. The van der Waals surface area contributed by atoms with Gasteiger partial charge in [-0.3, -0.25) is 14.4 Å². The Bertz CT molecular complexity index is 1370. The fraction of sp³-hybridized carbons (Fsp3) is 0.596. The fourth-order valence-corrected chi connectivity index (χ4v) is 6.32. The smallest absolute Gasteiger partial charge is 0.310 e. The molecule has 0 bridgehead atoms. The predicted molar refractivity (Wildman–Crippen MR) is 269 cm³/mol. The number of esters is 3. The Kier molecular flexibility index (Phi) is 47.1. The monoisotopic (exact) mass is 871 g/mol. The number of rotatable bonds is 43. The normalized spacial score (nSPS) is 13.1. The van der Waals surface area contributed by atoms with Gasteiger partial charge in [0.25, 0.3) is 0 Å². The van der Waals surface area contributed by atoms with Gasteiger partial charge >= 0.3 is 17.9 Å². The van der Waals surface area contributed by atoms with Crippen LogP contribution in [0.3, 0.4) is 0 Å². The van der Waals surface area contributed by atoms with E-state index in [1.807, 2.05) is 6.08 Å². The first-order chi connectivity index (χ1) is 31.0. The van der Waals surface area contributed by atoms with Crippen LogP contribution in [0.1, 0.15) is 201 Å². The van der Waals surface area contributed by atoms with Crippen molar-refractivity contribution in [3.63, 3.8) is 0 Å². The summed E-state index contributed by atoms with van der Waals surface area (Å²) in [5, 5.41) is 0. The molecule has 0 aliphatic heterocycles. The van der Waals surface area contributed by atoms with Gasteiger partial charge in [0.2, 0.25) is 0 Å². The molecule has 6 heteroatoms. The summed E-state index contributed by atoms with van der Waals surface area (Å²) in [4.78, 5) is 37.9. The van der Waals surface area contributed by atoms with E-state index in [-0.39, 0.29) is 38.0 Å². The van der Waals surface area contributed by atoms with Crippen molar-refractivity contribution in [2.75, 3.05) is 13.2 Å². The first-order valence-corrected chi connectivity index (χ1v) is 25.0. The minimum Gasteiger partial charge on any atom is -0.462 e. The van der Waals surface area contributed by atoms with Crippen LogP contribution in [0.5, 0.6) is 0 Å². The van der Waals surface area contributed by atoms with E-state index in [1.54, 1.807) is 6.08 Å². The molecule has 1 unspecified atom stereocenters. The van der Waals surface area contributed by atoms with Crippen LogP contribution in [0.4, 0.5) is 0 Å². The number of unbranched alkanes of at least 4 members (excludes halogenated alkanes) is 13. The molecule has 0 radical (unpaired) electrons. The second kappa shape index (κ2) is 50.5. The van der Waals surface area contributed by atoms with Gasteiger partial charge in [-0.15, -0.1) is 0 Å². The quantitative estimate of drug-likeness (QED) is 0.0263. The SMILES string of the molecule is CC/C=C\C/C=C\C/C=C\C/C=C\C/C=C\CCCC(=O)OCC(COC(=O)CCCCCCCCCCCCCCC)OC(=O)C/C=C\C/C=C\C/C=C\C/C=C\C/C=C\CC. The molecule has 0 fully saturated rings. The van der Waals surface area contributed by atoms with Crippen molar-refractivity contribution >= 4 is 17.9 Å². The molecule has 6 nitrogen and oxygen atoms in total. The number of allylic oxidation sites excluding steroid dienone is 19. The molecule has 0 saturated heterocycles. The van der Waals surface area contributed by atoms with E-state index in [2.05, 4.69) is 130 Å². The maximum Gasteiger partial charge on any atom is 0.310 e. The van der Waals surface area contributed by atoms with Crippen molar-refractivity contribution in [1.82, 2.24) is 0 Å². The Morgan fingerprint density at radius 2 is 0.667 bits per heavy atom. The van der Waals surface area contributed by atoms with Crippen LogP contribution >= 0.6 is 0 Å². The van der Waals surface area contributed by atoms with E-state index >= 15 is 0 Å². The summed E-state index contributed by atoms with van der Waals surface area (Å²) in [5.74, 6) is -1.14. The summed E-state index contributed by atoms with van der Waals surface area (Å²) in [6.07, 6.45) is 69.2. The summed E-state index contributed by atoms with van der Waals surface area (Å²) >= 11 is 0. The van der Waals surface area contributed by atoms with Crippen molar-refractivity contribution in [2.45, 2.75) is 207 Å². The first-order valence-electron chi connectivity index (χ1n) is 25.0. The van der Waals surface area contributed by atoms with Gasteiger partial charge in [-0.2, -0.15) is 0 Å². The molecule has 63 heavy (non-hydrogen) atoms. The zero-order chi connectivity index (χ0) is 45.8. The van der Waals surface area contributed by atoms with Crippen LogP contribution in [0.25, 0.3) is 0 Å². The highest BCUT2D eigenvalue weighted by Gasteiger charge is 2.19. The maximum absolute atomic E-state index is 12.7. The number of carbonyl (C=O) groups is 3. The standard InChI is InChI=1S/C57H90O6/c1-4-7-10-13-16-19-22-25-27-28-30-32-35-38-41-44-47-50-56(59)62-53-54(52-61-55(58)49-46-43-40-37-34-31-24-21-18-15-12-9-6-3)63-57(60)51-48-45-42-39-36-33-29-26-23-20-17-14-11-8-5-2/h7-8,10-11,16-17,19-20,25-27,29-30,32,36,38-39,41,45,48,54H,4-6,9,12-15,18,21-24,28,31,33-35,37,40,42-44,46-47,49-53H2,1-3H3/b10-7-,11-8-,19-16-,20-17-,27-25-,29-26-,32-30-,39-36-,41-38-,48-45-. The Hall–Kier alpha value is -4.19. The van der Waals surface area contributed by atoms with E-state index < -0.39 is 12.1 Å². The average molecular weight is 871 g/mol. The summed E-state index contributed by atoms with van der Waals surface area (Å²) in [6.45, 7) is 6.25. The Balaban J connectivity index is 4.62. The van der Waals surface area contributed by atoms with E-state index in [0.29, 0.717) is 19.3 Å². The molecule has 0 aliphatic carbocycles. The summed E-state index contributed by atoms with van der Waals surface area (Å²) in [6, 6.07) is 0. The highest BCUT2D eigenvalue weighted by molar-refractivity contribution is 5.72. The summed E-state index contributed by atoms with van der Waals surface area (Å²) in [7, 11) is 0. The topological polar surface area (TPSA) is 78.9 Å². The Morgan fingerprint density at radius 1 is 0.349 bits per heavy atom. The van der Waals surface area contributed by atoms with Crippen molar-refractivity contribution in [1.29, 1.82) is 0 Å². The first kappa shape index (κ1) is 58.8. The number of hydrogen-bond donors (Lipinski definition) is 0. The largest absolute Gasteiger partial charge is 0.462 e. The molecule has 0 saturated carbocycles. The highest BCUT2D eigenvalue weighted by atomic mass is 16.6. The van der Waals surface area contributed by atoms with Crippen LogP contribution in [-0.2, 0) is 28.6 Å². The van der Waals surface area contributed by atoms with Crippen LogP contribution in [0.15, 0.2) is 122 Å². The Labute approximate surface area is 386 Å². The molecular formula is C57H90O6. The zero-order valence-corrected chi connectivity index (χ0v) is 40.3. The molecular weight excluding hydrogens is 781 g/mol. The average Bonchev–Trinajstić information content (AvgIpc) is 3.28. The van der Waals surface area contributed by atoms with E-state index in [4.69, 9.17) is 14.2 Å². The third-order valence-corrected chi connectivity index (χ3v) is 9.99. The predicted octanol–water partition coefficient (Wildman–Crippen LogP) is 16.5. The van der Waals surface area contributed by atoms with Crippen LogP contribution in [0.2, 0.25) is 0 Å².